The van der Waals surface area contributed by atoms with E-state index in [0.29, 0.717) is 0 Å². The molecule has 4 heteroatoms. The van der Waals surface area contributed by atoms with Gasteiger partial charge in [0.25, 0.3) is 0 Å². The first-order chi connectivity index (χ1) is 8.31. The zero-order valence-corrected chi connectivity index (χ0v) is 10.2. The number of hydrogen-bond acceptors (Lipinski definition) is 3. The minimum absolute atomic E-state index is 0.0844. The molecule has 17 heavy (non-hydrogen) atoms. The molecule has 0 aliphatic carbocycles. The minimum Gasteiger partial charge on any atom is -0.368 e. The lowest BCUT2D eigenvalue weighted by Gasteiger charge is -2.29. The third-order valence-electron chi connectivity index (χ3n) is 3.47. The molecule has 0 bridgehead atoms. The number of nitrogens with one attached hydrogen (secondary N) is 1. The molecular weight excluding hydrogens is 214 g/mol. The van der Waals surface area contributed by atoms with Crippen LogP contribution in [0.4, 0.5) is 0 Å². The first-order valence-electron chi connectivity index (χ1n) is 6.05. The van der Waals surface area contributed by atoms with Gasteiger partial charge in [0, 0.05) is 11.4 Å². The van der Waals surface area contributed by atoms with Crippen molar-refractivity contribution in [3.63, 3.8) is 0 Å². The standard InChI is InChI=1S/C13H17N3O/c1-9(14-2)13-12-10-5-3-4-6-11(10)15-16(12)7-8-17-13/h3-6,9,13-14H,7-8H2,1-2H3/t9-,13-/m1/s1. The predicted molar refractivity (Wildman–Crippen MR) is 66.9 cm³/mol. The van der Waals surface area contributed by atoms with Gasteiger partial charge < -0.3 is 10.1 Å². The Bertz CT molecular complexity index is 534. The molecule has 1 aliphatic rings. The van der Waals surface area contributed by atoms with Crippen LogP contribution >= 0.6 is 0 Å². The van der Waals surface area contributed by atoms with Crippen LogP contribution in [0.2, 0.25) is 0 Å². The van der Waals surface area contributed by atoms with E-state index < -0.39 is 0 Å². The Morgan fingerprint density at radius 2 is 2.29 bits per heavy atom. The molecule has 1 aliphatic heterocycles. The molecule has 1 aromatic carbocycles. The van der Waals surface area contributed by atoms with Crippen LogP contribution in [0.5, 0.6) is 0 Å². The first kappa shape index (κ1) is 10.7. The lowest BCUT2D eigenvalue weighted by molar-refractivity contribution is -0.000832. The van der Waals surface area contributed by atoms with Gasteiger partial charge in [-0.1, -0.05) is 18.2 Å². The second-order valence-corrected chi connectivity index (χ2v) is 4.49. The summed E-state index contributed by atoms with van der Waals surface area (Å²) in [5, 5.41) is 9.10. The van der Waals surface area contributed by atoms with Crippen LogP contribution in [-0.2, 0) is 11.3 Å². The Hall–Kier alpha value is -1.39. The monoisotopic (exact) mass is 231 g/mol. The molecule has 2 atom stereocenters. The molecule has 0 saturated carbocycles. The molecule has 3 rings (SSSR count). The number of fused-ring (bicyclic) bond motifs is 3. The fraction of sp³-hybridized carbons (Fsp3) is 0.462. The van der Waals surface area contributed by atoms with E-state index in [0.717, 1.165) is 18.7 Å². The van der Waals surface area contributed by atoms with Gasteiger partial charge in [0.05, 0.1) is 24.4 Å². The number of aromatic nitrogens is 2. The van der Waals surface area contributed by atoms with Gasteiger partial charge in [0.15, 0.2) is 0 Å². The maximum atomic E-state index is 5.90. The highest BCUT2D eigenvalue weighted by Gasteiger charge is 2.28. The first-order valence-corrected chi connectivity index (χ1v) is 6.05. The number of nitrogens with zero attached hydrogens (tertiary/aromatic N) is 2. The third-order valence-corrected chi connectivity index (χ3v) is 3.47. The van der Waals surface area contributed by atoms with Crippen LogP contribution in [0, 0.1) is 0 Å². The average Bonchev–Trinajstić information content (AvgIpc) is 2.76. The van der Waals surface area contributed by atoms with Gasteiger partial charge >= 0.3 is 0 Å². The Labute approximate surface area is 101 Å². The van der Waals surface area contributed by atoms with Crippen molar-refractivity contribution in [1.29, 1.82) is 0 Å². The molecule has 0 unspecified atom stereocenters. The Morgan fingerprint density at radius 3 is 3.12 bits per heavy atom. The van der Waals surface area contributed by atoms with Gasteiger partial charge in [0.1, 0.15) is 6.10 Å². The molecule has 4 nitrogen and oxygen atoms in total. The van der Waals surface area contributed by atoms with E-state index in [4.69, 9.17) is 4.74 Å². The third kappa shape index (κ3) is 1.64. The summed E-state index contributed by atoms with van der Waals surface area (Å²) in [7, 11) is 1.96. The summed E-state index contributed by atoms with van der Waals surface area (Å²) >= 11 is 0. The van der Waals surface area contributed by atoms with Crippen LogP contribution < -0.4 is 5.32 Å². The van der Waals surface area contributed by atoms with Crippen LogP contribution in [0.15, 0.2) is 24.3 Å². The van der Waals surface area contributed by atoms with Crippen molar-refractivity contribution >= 4 is 10.9 Å². The SMILES string of the molecule is CN[C@H](C)[C@H]1OCCn2nc3ccccc3c21. The summed E-state index contributed by atoms with van der Waals surface area (Å²) in [4.78, 5) is 0. The molecule has 90 valence electrons. The molecule has 2 aromatic rings. The van der Waals surface area contributed by atoms with Crippen LogP contribution in [0.3, 0.4) is 0 Å². The zero-order valence-electron chi connectivity index (χ0n) is 10.2. The second-order valence-electron chi connectivity index (χ2n) is 4.49. The summed E-state index contributed by atoms with van der Waals surface area (Å²) in [5.41, 5.74) is 2.26. The number of hydrogen-bond donors (Lipinski definition) is 1. The molecule has 0 amide bonds. The molecule has 0 saturated heterocycles. The van der Waals surface area contributed by atoms with Crippen molar-refractivity contribution in [1.82, 2.24) is 15.1 Å². The molecular formula is C13H17N3O. The smallest absolute Gasteiger partial charge is 0.115 e. The lowest BCUT2D eigenvalue weighted by Crippen LogP contribution is -2.35. The molecule has 1 aromatic heterocycles. The minimum atomic E-state index is 0.0844. The second kappa shape index (κ2) is 4.13. The van der Waals surface area contributed by atoms with Gasteiger partial charge in [-0.25, -0.2) is 0 Å². The van der Waals surface area contributed by atoms with Crippen LogP contribution in [-0.4, -0.2) is 29.5 Å². The van der Waals surface area contributed by atoms with E-state index >= 15 is 0 Å². The molecule has 2 heterocycles. The summed E-state index contributed by atoms with van der Waals surface area (Å²) in [6, 6.07) is 8.55. The maximum absolute atomic E-state index is 5.90. The van der Waals surface area contributed by atoms with Gasteiger partial charge in [-0.3, -0.25) is 4.68 Å². The van der Waals surface area contributed by atoms with E-state index in [1.807, 2.05) is 13.1 Å². The fourth-order valence-electron chi connectivity index (χ4n) is 2.45. The summed E-state index contributed by atoms with van der Waals surface area (Å²) in [5.74, 6) is 0. The van der Waals surface area contributed by atoms with Gasteiger partial charge in [-0.15, -0.1) is 0 Å². The van der Waals surface area contributed by atoms with Gasteiger partial charge in [-0.05, 0) is 20.0 Å². The van der Waals surface area contributed by atoms with Crippen LogP contribution in [0.25, 0.3) is 10.9 Å². The number of benzene rings is 1. The van der Waals surface area contributed by atoms with Gasteiger partial charge in [0.2, 0.25) is 0 Å². The van der Waals surface area contributed by atoms with E-state index in [1.54, 1.807) is 0 Å². The van der Waals surface area contributed by atoms with Crippen molar-refractivity contribution < 1.29 is 4.74 Å². The number of ether oxygens (including phenoxy) is 1. The Kier molecular flexibility index (Phi) is 2.61. The zero-order chi connectivity index (χ0) is 11.8. The Balaban J connectivity index is 2.17. The maximum Gasteiger partial charge on any atom is 0.115 e. The highest BCUT2D eigenvalue weighted by atomic mass is 16.5. The summed E-state index contributed by atoms with van der Waals surface area (Å²) < 4.78 is 7.99. The normalized spacial score (nSPS) is 21.4. The largest absolute Gasteiger partial charge is 0.368 e. The van der Waals surface area contributed by atoms with E-state index in [2.05, 4.69) is 40.2 Å². The Morgan fingerprint density at radius 1 is 1.47 bits per heavy atom. The molecule has 0 fully saturated rings. The summed E-state index contributed by atoms with van der Waals surface area (Å²) in [6.07, 6.45) is 0.0844. The fourth-order valence-corrected chi connectivity index (χ4v) is 2.45. The van der Waals surface area contributed by atoms with Crippen molar-refractivity contribution in [2.24, 2.45) is 0 Å². The number of likely N-dealkylation sites (N-methyl/N-ethyl adjacent to an activating group) is 1. The van der Waals surface area contributed by atoms with Crippen molar-refractivity contribution in [2.75, 3.05) is 13.7 Å². The topological polar surface area (TPSA) is 39.1 Å². The van der Waals surface area contributed by atoms with E-state index in [9.17, 15) is 0 Å². The molecule has 0 spiro atoms. The highest BCUT2D eigenvalue weighted by molar-refractivity contribution is 5.82. The average molecular weight is 231 g/mol. The molecule has 0 radical (unpaired) electrons. The quantitative estimate of drug-likeness (QED) is 0.855. The van der Waals surface area contributed by atoms with Crippen molar-refractivity contribution in [3.05, 3.63) is 30.0 Å². The van der Waals surface area contributed by atoms with Crippen molar-refractivity contribution in [2.45, 2.75) is 25.6 Å². The van der Waals surface area contributed by atoms with E-state index in [-0.39, 0.29) is 12.1 Å². The van der Waals surface area contributed by atoms with Gasteiger partial charge in [-0.2, -0.15) is 5.10 Å². The molecule has 1 N–H and O–H groups in total. The van der Waals surface area contributed by atoms with Crippen LogP contribution in [0.1, 0.15) is 18.7 Å². The lowest BCUT2D eigenvalue weighted by atomic mass is 10.0. The van der Waals surface area contributed by atoms with E-state index in [1.165, 1.54) is 11.1 Å². The highest BCUT2D eigenvalue weighted by Crippen LogP contribution is 2.31. The number of rotatable bonds is 2. The predicted octanol–water partition coefficient (Wildman–Crippen LogP) is 1.72. The van der Waals surface area contributed by atoms with Crippen molar-refractivity contribution in [3.8, 4) is 0 Å². The summed E-state index contributed by atoms with van der Waals surface area (Å²) in [6.45, 7) is 3.72.